The topological polar surface area (TPSA) is 65.4 Å². The zero-order valence-electron chi connectivity index (χ0n) is 13.2. The van der Waals surface area contributed by atoms with Gasteiger partial charge in [-0.1, -0.05) is 0 Å². The lowest BCUT2D eigenvalue weighted by Gasteiger charge is -2.28. The lowest BCUT2D eigenvalue weighted by molar-refractivity contribution is 0.160. The molecule has 1 saturated carbocycles. The number of methoxy groups -OCH3 is 2. The summed E-state index contributed by atoms with van der Waals surface area (Å²) in [4.78, 5) is 11.3. The number of hydrogen-bond donors (Lipinski definition) is 1. The fraction of sp³-hybridized carbons (Fsp3) is 0.500. The fourth-order valence-corrected chi connectivity index (χ4v) is 3.62. The van der Waals surface area contributed by atoms with E-state index in [0.29, 0.717) is 6.04 Å². The quantitative estimate of drug-likeness (QED) is 0.880. The van der Waals surface area contributed by atoms with Gasteiger partial charge in [0, 0.05) is 23.7 Å². The Labute approximate surface area is 143 Å². The predicted octanol–water partition coefficient (Wildman–Crippen LogP) is 3.65. The van der Waals surface area contributed by atoms with Crippen LogP contribution in [0.5, 0.6) is 5.75 Å². The first-order valence-electron chi connectivity index (χ1n) is 7.67. The predicted molar refractivity (Wildman–Crippen MR) is 90.8 cm³/mol. The molecule has 1 heterocycles. The number of amides is 1. The molecule has 3 rings (SSSR count). The molecule has 1 aromatic carbocycles. The third-order valence-corrected chi connectivity index (χ3v) is 4.99. The number of aromatic nitrogens is 2. The number of alkyl carbamates (subject to hydrolysis) is 1. The summed E-state index contributed by atoms with van der Waals surface area (Å²) in [7, 11) is 3.04. The molecule has 0 unspecified atom stereocenters. The molecule has 1 fully saturated rings. The Morgan fingerprint density at radius 1 is 1.30 bits per heavy atom. The first-order valence-corrected chi connectivity index (χ1v) is 8.47. The van der Waals surface area contributed by atoms with Gasteiger partial charge in [0.15, 0.2) is 0 Å². The van der Waals surface area contributed by atoms with Gasteiger partial charge in [-0.15, -0.1) is 0 Å². The van der Waals surface area contributed by atoms with Gasteiger partial charge in [-0.05, 0) is 47.7 Å². The van der Waals surface area contributed by atoms with Crippen molar-refractivity contribution in [1.29, 1.82) is 0 Å². The van der Waals surface area contributed by atoms with Crippen molar-refractivity contribution in [3.8, 4) is 5.75 Å². The largest absolute Gasteiger partial charge is 0.495 e. The Morgan fingerprint density at radius 2 is 2.04 bits per heavy atom. The number of hydrogen-bond acceptors (Lipinski definition) is 4. The third kappa shape index (κ3) is 3.44. The van der Waals surface area contributed by atoms with Crippen molar-refractivity contribution in [3.63, 3.8) is 0 Å². The van der Waals surface area contributed by atoms with Crippen LogP contribution in [0.1, 0.15) is 31.7 Å². The van der Waals surface area contributed by atoms with Crippen molar-refractivity contribution >= 4 is 32.9 Å². The van der Waals surface area contributed by atoms with E-state index in [1.54, 1.807) is 7.11 Å². The van der Waals surface area contributed by atoms with E-state index in [-0.39, 0.29) is 12.1 Å². The molecule has 0 atom stereocenters. The molecule has 0 radical (unpaired) electrons. The van der Waals surface area contributed by atoms with Crippen LogP contribution >= 0.6 is 15.9 Å². The zero-order valence-corrected chi connectivity index (χ0v) is 14.8. The molecule has 23 heavy (non-hydrogen) atoms. The van der Waals surface area contributed by atoms with Gasteiger partial charge < -0.3 is 14.8 Å². The van der Waals surface area contributed by atoms with Gasteiger partial charge in [0.05, 0.1) is 30.3 Å². The van der Waals surface area contributed by atoms with Crippen molar-refractivity contribution < 1.29 is 14.3 Å². The van der Waals surface area contributed by atoms with E-state index < -0.39 is 0 Å². The van der Waals surface area contributed by atoms with Crippen molar-refractivity contribution in [2.75, 3.05) is 14.2 Å². The molecule has 1 aliphatic rings. The van der Waals surface area contributed by atoms with Gasteiger partial charge in [0.25, 0.3) is 0 Å². The highest BCUT2D eigenvalue weighted by atomic mass is 79.9. The molecular formula is C16H20BrN3O3. The van der Waals surface area contributed by atoms with Gasteiger partial charge in [0.2, 0.25) is 0 Å². The van der Waals surface area contributed by atoms with Crippen LogP contribution in [0.25, 0.3) is 10.9 Å². The summed E-state index contributed by atoms with van der Waals surface area (Å²) in [5.41, 5.74) is 0.930. The van der Waals surface area contributed by atoms with Crippen molar-refractivity contribution in [2.45, 2.75) is 37.8 Å². The molecule has 0 saturated heterocycles. The maximum absolute atomic E-state index is 11.3. The normalized spacial score (nSPS) is 21.2. The second-order valence-corrected chi connectivity index (χ2v) is 6.65. The number of rotatable bonds is 3. The first-order chi connectivity index (χ1) is 11.1. The van der Waals surface area contributed by atoms with Crippen molar-refractivity contribution in [1.82, 2.24) is 15.1 Å². The molecule has 1 N–H and O–H groups in total. The van der Waals surface area contributed by atoms with Crippen LogP contribution in [0.4, 0.5) is 4.79 Å². The summed E-state index contributed by atoms with van der Waals surface area (Å²) in [5.74, 6) is 0.786. The highest BCUT2D eigenvalue weighted by Crippen LogP contribution is 2.33. The van der Waals surface area contributed by atoms with Crippen LogP contribution in [0.15, 0.2) is 22.8 Å². The van der Waals surface area contributed by atoms with E-state index in [2.05, 4.69) is 32.2 Å². The molecule has 1 amide bonds. The third-order valence-electron chi connectivity index (χ3n) is 4.37. The highest BCUT2D eigenvalue weighted by Gasteiger charge is 2.24. The van der Waals surface area contributed by atoms with Gasteiger partial charge >= 0.3 is 6.09 Å². The molecule has 2 aromatic rings. The molecule has 0 aliphatic heterocycles. The van der Waals surface area contributed by atoms with E-state index >= 15 is 0 Å². The van der Waals surface area contributed by atoms with Crippen LogP contribution in [-0.2, 0) is 4.74 Å². The van der Waals surface area contributed by atoms with Crippen LogP contribution in [0.2, 0.25) is 0 Å². The molecule has 1 aliphatic carbocycles. The highest BCUT2D eigenvalue weighted by molar-refractivity contribution is 9.10. The van der Waals surface area contributed by atoms with E-state index in [0.717, 1.165) is 46.8 Å². The summed E-state index contributed by atoms with van der Waals surface area (Å²) in [5, 5.41) is 8.66. The van der Waals surface area contributed by atoms with E-state index in [9.17, 15) is 4.79 Å². The standard InChI is InChI=1S/C16H20BrN3O3/c1-22-15-8-14-10(7-13(15)17)9-20(19-14)12-5-3-11(4-6-12)18-16(21)23-2/h7-9,11-12H,3-6H2,1-2H3,(H,18,21). The number of carbonyl (C=O) groups excluding carboxylic acids is 1. The van der Waals surface area contributed by atoms with Gasteiger partial charge in [-0.25, -0.2) is 4.79 Å². The van der Waals surface area contributed by atoms with Crippen LogP contribution in [0.3, 0.4) is 0 Å². The number of nitrogens with zero attached hydrogens (tertiary/aromatic N) is 2. The summed E-state index contributed by atoms with van der Waals surface area (Å²) < 4.78 is 13.0. The lowest BCUT2D eigenvalue weighted by Crippen LogP contribution is -2.37. The molecular weight excluding hydrogens is 362 g/mol. The molecule has 124 valence electrons. The first kappa shape index (κ1) is 16.1. The second-order valence-electron chi connectivity index (χ2n) is 5.80. The maximum atomic E-state index is 11.3. The molecule has 0 bridgehead atoms. The van der Waals surface area contributed by atoms with Crippen molar-refractivity contribution in [3.05, 3.63) is 22.8 Å². The van der Waals surface area contributed by atoms with Crippen molar-refractivity contribution in [2.24, 2.45) is 0 Å². The van der Waals surface area contributed by atoms with E-state index in [1.807, 2.05) is 16.8 Å². The Bertz CT molecular complexity index is 708. The Kier molecular flexibility index (Phi) is 4.75. The fourth-order valence-electron chi connectivity index (χ4n) is 3.10. The van der Waals surface area contributed by atoms with E-state index in [1.165, 1.54) is 7.11 Å². The van der Waals surface area contributed by atoms with Gasteiger partial charge in [0.1, 0.15) is 5.75 Å². The molecule has 6 nitrogen and oxygen atoms in total. The Morgan fingerprint density at radius 3 is 2.70 bits per heavy atom. The summed E-state index contributed by atoms with van der Waals surface area (Å²) in [6, 6.07) is 4.53. The minimum Gasteiger partial charge on any atom is -0.495 e. The summed E-state index contributed by atoms with van der Waals surface area (Å²) in [6.45, 7) is 0. The van der Waals surface area contributed by atoms with Crippen LogP contribution in [0, 0.1) is 0 Å². The SMILES string of the molecule is COC(=O)NC1CCC(n2cc3cc(Br)c(OC)cc3n2)CC1. The number of ether oxygens (including phenoxy) is 2. The van der Waals surface area contributed by atoms with E-state index in [4.69, 9.17) is 9.84 Å². The smallest absolute Gasteiger partial charge is 0.407 e. The summed E-state index contributed by atoms with van der Waals surface area (Å²) >= 11 is 3.51. The number of nitrogens with one attached hydrogen (secondary N) is 1. The molecule has 0 spiro atoms. The maximum Gasteiger partial charge on any atom is 0.407 e. The minimum absolute atomic E-state index is 0.193. The monoisotopic (exact) mass is 381 g/mol. The van der Waals surface area contributed by atoms with Gasteiger partial charge in [-0.3, -0.25) is 4.68 Å². The molecule has 7 heteroatoms. The average molecular weight is 382 g/mol. The van der Waals surface area contributed by atoms with Crippen LogP contribution in [-0.4, -0.2) is 36.1 Å². The number of benzene rings is 1. The lowest BCUT2D eigenvalue weighted by atomic mass is 9.91. The number of carbonyl (C=O) groups is 1. The second kappa shape index (κ2) is 6.78. The number of fused-ring (bicyclic) bond motifs is 1. The average Bonchev–Trinajstić information content (AvgIpc) is 2.97. The summed E-state index contributed by atoms with van der Waals surface area (Å²) in [6.07, 6.45) is 5.57. The Hall–Kier alpha value is -1.76. The number of halogens is 1. The van der Waals surface area contributed by atoms with Gasteiger partial charge in [-0.2, -0.15) is 5.10 Å². The molecule has 1 aromatic heterocycles. The Balaban J connectivity index is 1.71. The van der Waals surface area contributed by atoms with Crippen LogP contribution < -0.4 is 10.1 Å². The zero-order chi connectivity index (χ0) is 16.4. The minimum atomic E-state index is -0.352.